The van der Waals surface area contributed by atoms with Crippen LogP contribution in [0.15, 0.2) is 33.7 Å². The van der Waals surface area contributed by atoms with Crippen molar-refractivity contribution in [1.82, 2.24) is 10.1 Å². The van der Waals surface area contributed by atoms with Crippen LogP contribution < -0.4 is 0 Å². The number of hydrogen-bond acceptors (Lipinski definition) is 5. The maximum atomic E-state index is 8.74. The molecule has 0 saturated heterocycles. The molecule has 1 atom stereocenters. The van der Waals surface area contributed by atoms with E-state index in [1.165, 1.54) is 4.90 Å². The third-order valence-electron chi connectivity index (χ3n) is 2.52. The lowest BCUT2D eigenvalue weighted by Gasteiger charge is -1.97. The molecule has 0 amide bonds. The summed E-state index contributed by atoms with van der Waals surface area (Å²) in [5.74, 6) is 0.966. The molecule has 0 saturated carbocycles. The Morgan fingerprint density at radius 3 is 2.72 bits per heavy atom. The monoisotopic (exact) mass is 259 g/mol. The molecule has 0 fully saturated rings. The minimum Gasteiger partial charge on any atom is -0.339 e. The standard InChI is InChI=1S/C13H13N3OS/c1-9(8-14)7-12-15-13(16-17-12)10-3-5-11(18-2)6-4-10/h3-6,9H,7H2,1-2H3. The molecule has 1 heterocycles. The summed E-state index contributed by atoms with van der Waals surface area (Å²) in [4.78, 5) is 5.48. The van der Waals surface area contributed by atoms with Gasteiger partial charge in [-0.15, -0.1) is 11.8 Å². The number of nitrogens with zero attached hydrogens (tertiary/aromatic N) is 3. The number of hydrogen-bond donors (Lipinski definition) is 0. The van der Waals surface area contributed by atoms with E-state index in [4.69, 9.17) is 9.78 Å². The molecule has 0 aliphatic carbocycles. The van der Waals surface area contributed by atoms with Crippen molar-refractivity contribution in [2.75, 3.05) is 6.26 Å². The Labute approximate surface area is 110 Å². The molecule has 0 aliphatic heterocycles. The van der Waals surface area contributed by atoms with Crippen molar-refractivity contribution < 1.29 is 4.52 Å². The first-order chi connectivity index (χ1) is 8.72. The van der Waals surface area contributed by atoms with Gasteiger partial charge in [0.15, 0.2) is 0 Å². The summed E-state index contributed by atoms with van der Waals surface area (Å²) in [5.41, 5.74) is 0.924. The molecule has 2 aromatic rings. The van der Waals surface area contributed by atoms with E-state index in [1.54, 1.807) is 11.8 Å². The molecule has 2 rings (SSSR count). The molecule has 0 spiro atoms. The number of nitriles is 1. The zero-order chi connectivity index (χ0) is 13.0. The summed E-state index contributed by atoms with van der Waals surface area (Å²) >= 11 is 1.69. The summed E-state index contributed by atoms with van der Waals surface area (Å²) in [6.45, 7) is 1.83. The maximum absolute atomic E-state index is 8.74. The predicted octanol–water partition coefficient (Wildman–Crippen LogP) is 3.16. The van der Waals surface area contributed by atoms with E-state index in [9.17, 15) is 0 Å². The van der Waals surface area contributed by atoms with Gasteiger partial charge in [0.25, 0.3) is 0 Å². The average Bonchev–Trinajstić information content (AvgIpc) is 2.87. The highest BCUT2D eigenvalue weighted by Gasteiger charge is 2.11. The Balaban J connectivity index is 2.16. The second kappa shape index (κ2) is 5.69. The molecule has 0 N–H and O–H groups in total. The van der Waals surface area contributed by atoms with Gasteiger partial charge in [0.05, 0.1) is 12.0 Å². The Morgan fingerprint density at radius 1 is 1.39 bits per heavy atom. The van der Waals surface area contributed by atoms with E-state index in [-0.39, 0.29) is 5.92 Å². The van der Waals surface area contributed by atoms with Crippen molar-refractivity contribution in [2.24, 2.45) is 5.92 Å². The van der Waals surface area contributed by atoms with Crippen LogP contribution >= 0.6 is 11.8 Å². The fourth-order valence-corrected chi connectivity index (χ4v) is 1.91. The second-order valence-electron chi connectivity index (χ2n) is 3.97. The van der Waals surface area contributed by atoms with E-state index in [2.05, 4.69) is 16.2 Å². The van der Waals surface area contributed by atoms with Crippen LogP contribution in [0.25, 0.3) is 11.4 Å². The highest BCUT2D eigenvalue weighted by Crippen LogP contribution is 2.21. The molecule has 0 bridgehead atoms. The minimum atomic E-state index is -0.114. The zero-order valence-electron chi connectivity index (χ0n) is 10.3. The Hall–Kier alpha value is -1.80. The average molecular weight is 259 g/mol. The molecule has 5 heteroatoms. The van der Waals surface area contributed by atoms with Gasteiger partial charge < -0.3 is 4.52 Å². The zero-order valence-corrected chi connectivity index (χ0v) is 11.1. The normalized spacial score (nSPS) is 12.1. The van der Waals surface area contributed by atoms with Gasteiger partial charge in [-0.2, -0.15) is 10.2 Å². The van der Waals surface area contributed by atoms with Gasteiger partial charge >= 0.3 is 0 Å². The molecule has 4 nitrogen and oxygen atoms in total. The maximum Gasteiger partial charge on any atom is 0.228 e. The molecule has 1 aromatic heterocycles. The molecule has 92 valence electrons. The van der Waals surface area contributed by atoms with Gasteiger partial charge in [-0.05, 0) is 37.4 Å². The molecule has 0 aliphatic rings. The molecular weight excluding hydrogens is 246 g/mol. The lowest BCUT2D eigenvalue weighted by Crippen LogP contribution is -1.96. The molecule has 1 aromatic carbocycles. The summed E-state index contributed by atoms with van der Waals surface area (Å²) in [6, 6.07) is 10.1. The Bertz CT molecular complexity index is 556. The smallest absolute Gasteiger partial charge is 0.228 e. The topological polar surface area (TPSA) is 62.7 Å². The largest absolute Gasteiger partial charge is 0.339 e. The van der Waals surface area contributed by atoms with Crippen molar-refractivity contribution >= 4 is 11.8 Å². The Morgan fingerprint density at radius 2 is 2.11 bits per heavy atom. The van der Waals surface area contributed by atoms with Gasteiger partial charge in [0, 0.05) is 16.9 Å². The van der Waals surface area contributed by atoms with Crippen LogP contribution in [0.2, 0.25) is 0 Å². The lowest BCUT2D eigenvalue weighted by molar-refractivity contribution is 0.369. The number of aromatic nitrogens is 2. The fourth-order valence-electron chi connectivity index (χ4n) is 1.50. The fraction of sp³-hybridized carbons (Fsp3) is 0.308. The van der Waals surface area contributed by atoms with Crippen LogP contribution in [0.3, 0.4) is 0 Å². The molecule has 0 radical (unpaired) electrons. The quantitative estimate of drug-likeness (QED) is 0.789. The number of benzene rings is 1. The van der Waals surface area contributed by atoms with Gasteiger partial charge in [0.1, 0.15) is 0 Å². The van der Waals surface area contributed by atoms with Crippen LogP contribution in [0.4, 0.5) is 0 Å². The Kier molecular flexibility index (Phi) is 4.00. The molecule has 1 unspecified atom stereocenters. The van der Waals surface area contributed by atoms with E-state index in [1.807, 2.05) is 37.4 Å². The van der Waals surface area contributed by atoms with Gasteiger partial charge in [0.2, 0.25) is 11.7 Å². The molecule has 18 heavy (non-hydrogen) atoms. The minimum absolute atomic E-state index is 0.114. The van der Waals surface area contributed by atoms with E-state index >= 15 is 0 Å². The summed E-state index contributed by atoms with van der Waals surface area (Å²) < 4.78 is 5.13. The van der Waals surface area contributed by atoms with Crippen LogP contribution in [0.5, 0.6) is 0 Å². The van der Waals surface area contributed by atoms with Crippen molar-refractivity contribution in [2.45, 2.75) is 18.2 Å². The third-order valence-corrected chi connectivity index (χ3v) is 3.26. The number of thioether (sulfide) groups is 1. The van der Waals surface area contributed by atoms with Crippen molar-refractivity contribution in [1.29, 1.82) is 5.26 Å². The van der Waals surface area contributed by atoms with Gasteiger partial charge in [-0.3, -0.25) is 0 Å². The van der Waals surface area contributed by atoms with Crippen molar-refractivity contribution in [3.05, 3.63) is 30.2 Å². The van der Waals surface area contributed by atoms with E-state index in [0.717, 1.165) is 5.56 Å². The first kappa shape index (κ1) is 12.7. The van der Waals surface area contributed by atoms with Gasteiger partial charge in [-0.25, -0.2) is 0 Å². The van der Waals surface area contributed by atoms with Crippen LogP contribution in [0, 0.1) is 17.2 Å². The van der Waals surface area contributed by atoms with Crippen LogP contribution in [-0.2, 0) is 6.42 Å². The third kappa shape index (κ3) is 2.90. The highest BCUT2D eigenvalue weighted by atomic mass is 32.2. The SMILES string of the molecule is CSc1ccc(-c2noc(CC(C)C#N)n2)cc1. The number of rotatable bonds is 4. The van der Waals surface area contributed by atoms with Crippen molar-refractivity contribution in [3.63, 3.8) is 0 Å². The second-order valence-corrected chi connectivity index (χ2v) is 4.85. The van der Waals surface area contributed by atoms with E-state index < -0.39 is 0 Å². The first-order valence-electron chi connectivity index (χ1n) is 5.59. The first-order valence-corrected chi connectivity index (χ1v) is 6.82. The van der Waals surface area contributed by atoms with E-state index in [0.29, 0.717) is 18.1 Å². The molecular formula is C13H13N3OS. The van der Waals surface area contributed by atoms with Crippen LogP contribution in [0.1, 0.15) is 12.8 Å². The van der Waals surface area contributed by atoms with Crippen molar-refractivity contribution in [3.8, 4) is 17.5 Å². The summed E-state index contributed by atoms with van der Waals surface area (Å²) in [5, 5.41) is 12.7. The summed E-state index contributed by atoms with van der Waals surface area (Å²) in [6.07, 6.45) is 2.52. The predicted molar refractivity (Wildman–Crippen MR) is 70.0 cm³/mol. The van der Waals surface area contributed by atoms with Crippen LogP contribution in [-0.4, -0.2) is 16.4 Å². The lowest BCUT2D eigenvalue weighted by atomic mass is 10.1. The summed E-state index contributed by atoms with van der Waals surface area (Å²) in [7, 11) is 0. The highest BCUT2D eigenvalue weighted by molar-refractivity contribution is 7.98. The van der Waals surface area contributed by atoms with Gasteiger partial charge in [-0.1, -0.05) is 5.16 Å².